The van der Waals surface area contributed by atoms with Crippen LogP contribution in [0.25, 0.3) is 0 Å². The quantitative estimate of drug-likeness (QED) is 0.712. The molecule has 2 N–H and O–H groups in total. The highest BCUT2D eigenvalue weighted by Gasteiger charge is 2.15. The van der Waals surface area contributed by atoms with E-state index < -0.39 is 10.0 Å². The Balaban J connectivity index is 2.18. The molecule has 0 amide bonds. The Morgan fingerprint density at radius 2 is 1.71 bits per heavy atom. The molecular weight excluding hydrogens is 399 g/mol. The van der Waals surface area contributed by atoms with Gasteiger partial charge in [0.15, 0.2) is 0 Å². The van der Waals surface area contributed by atoms with E-state index in [0.29, 0.717) is 5.69 Å². The summed E-state index contributed by atoms with van der Waals surface area (Å²) >= 11 is 2.11. The first-order chi connectivity index (χ1) is 10.0. The Bertz CT molecular complexity index is 700. The molecule has 0 heterocycles. The summed E-state index contributed by atoms with van der Waals surface area (Å²) < 4.78 is 28.2. The van der Waals surface area contributed by atoms with E-state index in [1.54, 1.807) is 24.3 Å². The van der Waals surface area contributed by atoms with Gasteiger partial charge in [-0.15, -0.1) is 0 Å². The van der Waals surface area contributed by atoms with Gasteiger partial charge in [-0.25, -0.2) is 8.42 Å². The molecule has 0 saturated heterocycles. The Morgan fingerprint density at radius 3 is 2.33 bits per heavy atom. The molecule has 6 heteroatoms. The molecule has 2 aromatic carbocycles. The van der Waals surface area contributed by atoms with Gasteiger partial charge in [0.2, 0.25) is 0 Å². The third-order valence-corrected chi connectivity index (χ3v) is 5.25. The zero-order valence-corrected chi connectivity index (χ0v) is 14.6. The Hall–Kier alpha value is -1.12. The topological polar surface area (TPSA) is 58.2 Å². The molecule has 112 valence electrons. The molecule has 0 aliphatic rings. The molecule has 2 rings (SSSR count). The van der Waals surface area contributed by atoms with Gasteiger partial charge >= 0.3 is 0 Å². The summed E-state index contributed by atoms with van der Waals surface area (Å²) in [4.78, 5) is 0.266. The van der Waals surface area contributed by atoms with Crippen molar-refractivity contribution < 1.29 is 8.42 Å². The summed E-state index contributed by atoms with van der Waals surface area (Å²) in [7, 11) is -3.55. The first kappa shape index (κ1) is 16.3. The number of para-hydroxylation sites is 1. The minimum Gasteiger partial charge on any atom is -0.313 e. The van der Waals surface area contributed by atoms with Gasteiger partial charge < -0.3 is 5.32 Å². The van der Waals surface area contributed by atoms with Crippen molar-refractivity contribution in [2.45, 2.75) is 18.4 Å². The molecule has 0 saturated carbocycles. The summed E-state index contributed by atoms with van der Waals surface area (Å²) in [6.07, 6.45) is 0. The van der Waals surface area contributed by atoms with Gasteiger partial charge in [0, 0.05) is 10.1 Å². The highest BCUT2D eigenvalue weighted by molar-refractivity contribution is 14.1. The zero-order valence-electron chi connectivity index (χ0n) is 11.6. The standard InChI is InChI=1S/C15H17IN2O2S/c1-2-17-11-12-7-9-13(10-8-12)21(19,20)18-15-6-4-3-5-14(15)16/h3-10,17-18H,2,11H2,1H3. The molecule has 0 aliphatic carbocycles. The number of halogens is 1. The summed E-state index contributed by atoms with van der Waals surface area (Å²) in [5, 5.41) is 3.20. The number of anilines is 1. The largest absolute Gasteiger partial charge is 0.313 e. The zero-order chi connectivity index (χ0) is 15.3. The van der Waals surface area contributed by atoms with Gasteiger partial charge in [-0.2, -0.15) is 0 Å². The van der Waals surface area contributed by atoms with E-state index in [4.69, 9.17) is 0 Å². The summed E-state index contributed by atoms with van der Waals surface area (Å²) in [5.41, 5.74) is 1.65. The highest BCUT2D eigenvalue weighted by Crippen LogP contribution is 2.21. The Morgan fingerprint density at radius 1 is 1.05 bits per heavy atom. The summed E-state index contributed by atoms with van der Waals surface area (Å²) in [6.45, 7) is 3.65. The van der Waals surface area contributed by atoms with Crippen LogP contribution in [-0.2, 0) is 16.6 Å². The van der Waals surface area contributed by atoms with E-state index in [1.807, 2.05) is 31.2 Å². The Kier molecular flexibility index (Phi) is 5.60. The predicted octanol–water partition coefficient (Wildman–Crippen LogP) is 3.20. The number of benzene rings is 2. The maximum atomic E-state index is 12.3. The lowest BCUT2D eigenvalue weighted by molar-refractivity contribution is 0.601. The fourth-order valence-corrected chi connectivity index (χ4v) is 3.59. The molecule has 0 aliphatic heterocycles. The van der Waals surface area contributed by atoms with Gasteiger partial charge in [0.1, 0.15) is 0 Å². The SMILES string of the molecule is CCNCc1ccc(S(=O)(=O)Nc2ccccc2I)cc1. The van der Waals surface area contributed by atoms with Crippen LogP contribution < -0.4 is 10.0 Å². The molecule has 0 spiro atoms. The van der Waals surface area contributed by atoms with Crippen LogP contribution in [0, 0.1) is 3.57 Å². The predicted molar refractivity (Wildman–Crippen MR) is 93.8 cm³/mol. The smallest absolute Gasteiger partial charge is 0.261 e. The van der Waals surface area contributed by atoms with Crippen molar-refractivity contribution in [1.29, 1.82) is 0 Å². The summed E-state index contributed by atoms with van der Waals surface area (Å²) in [6, 6.07) is 14.2. The van der Waals surface area contributed by atoms with Crippen molar-refractivity contribution in [3.8, 4) is 0 Å². The van der Waals surface area contributed by atoms with Gasteiger partial charge in [-0.3, -0.25) is 4.72 Å². The highest BCUT2D eigenvalue weighted by atomic mass is 127. The average molecular weight is 416 g/mol. The second-order valence-corrected chi connectivity index (χ2v) is 7.35. The fourth-order valence-electron chi connectivity index (χ4n) is 1.80. The van der Waals surface area contributed by atoms with Crippen molar-refractivity contribution in [3.05, 3.63) is 57.7 Å². The van der Waals surface area contributed by atoms with Crippen molar-refractivity contribution in [1.82, 2.24) is 5.32 Å². The van der Waals surface area contributed by atoms with Crippen LogP contribution in [0.1, 0.15) is 12.5 Å². The van der Waals surface area contributed by atoms with Gasteiger partial charge in [-0.05, 0) is 59.0 Å². The van der Waals surface area contributed by atoms with E-state index in [1.165, 1.54) is 0 Å². The van der Waals surface area contributed by atoms with E-state index >= 15 is 0 Å². The van der Waals surface area contributed by atoms with Crippen LogP contribution in [0.4, 0.5) is 5.69 Å². The van der Waals surface area contributed by atoms with Crippen LogP contribution in [0.15, 0.2) is 53.4 Å². The second kappa shape index (κ2) is 7.24. The normalized spacial score (nSPS) is 11.3. The number of rotatable bonds is 6. The molecule has 0 fully saturated rings. The van der Waals surface area contributed by atoms with E-state index in [-0.39, 0.29) is 4.90 Å². The second-order valence-electron chi connectivity index (χ2n) is 4.51. The van der Waals surface area contributed by atoms with Crippen LogP contribution in [0.2, 0.25) is 0 Å². The van der Waals surface area contributed by atoms with E-state index in [9.17, 15) is 8.42 Å². The van der Waals surface area contributed by atoms with Crippen molar-refractivity contribution in [2.24, 2.45) is 0 Å². The molecule has 0 bridgehead atoms. The van der Waals surface area contributed by atoms with Crippen molar-refractivity contribution in [2.75, 3.05) is 11.3 Å². The number of sulfonamides is 1. The Labute approximate surface area is 139 Å². The van der Waals surface area contributed by atoms with Gasteiger partial charge in [0.25, 0.3) is 10.0 Å². The third kappa shape index (κ3) is 4.42. The minimum atomic E-state index is -3.55. The van der Waals surface area contributed by atoms with E-state index in [0.717, 1.165) is 22.2 Å². The van der Waals surface area contributed by atoms with Crippen LogP contribution >= 0.6 is 22.6 Å². The maximum absolute atomic E-state index is 12.3. The monoisotopic (exact) mass is 416 g/mol. The molecule has 21 heavy (non-hydrogen) atoms. The molecule has 0 radical (unpaired) electrons. The first-order valence-electron chi connectivity index (χ1n) is 6.60. The lowest BCUT2D eigenvalue weighted by Gasteiger charge is -2.10. The van der Waals surface area contributed by atoms with Gasteiger partial charge in [-0.1, -0.05) is 31.2 Å². The lowest BCUT2D eigenvalue weighted by Crippen LogP contribution is -2.14. The van der Waals surface area contributed by atoms with Gasteiger partial charge in [0.05, 0.1) is 10.6 Å². The van der Waals surface area contributed by atoms with Crippen LogP contribution in [0.3, 0.4) is 0 Å². The number of nitrogens with one attached hydrogen (secondary N) is 2. The minimum absolute atomic E-state index is 0.266. The number of hydrogen-bond donors (Lipinski definition) is 2. The molecule has 2 aromatic rings. The first-order valence-corrected chi connectivity index (χ1v) is 9.16. The van der Waals surface area contributed by atoms with Crippen LogP contribution in [-0.4, -0.2) is 15.0 Å². The van der Waals surface area contributed by atoms with Crippen molar-refractivity contribution >= 4 is 38.3 Å². The molecule has 0 atom stereocenters. The maximum Gasteiger partial charge on any atom is 0.261 e. The molecule has 0 unspecified atom stereocenters. The fraction of sp³-hybridized carbons (Fsp3) is 0.200. The molecular formula is C15H17IN2O2S. The molecule has 0 aromatic heterocycles. The van der Waals surface area contributed by atoms with Crippen LogP contribution in [0.5, 0.6) is 0 Å². The summed E-state index contributed by atoms with van der Waals surface area (Å²) in [5.74, 6) is 0. The average Bonchev–Trinajstić information content (AvgIpc) is 2.48. The molecule has 4 nitrogen and oxygen atoms in total. The number of hydrogen-bond acceptors (Lipinski definition) is 3. The third-order valence-electron chi connectivity index (χ3n) is 2.93. The lowest BCUT2D eigenvalue weighted by atomic mass is 10.2. The van der Waals surface area contributed by atoms with E-state index in [2.05, 4.69) is 32.6 Å². The van der Waals surface area contributed by atoms with Crippen molar-refractivity contribution in [3.63, 3.8) is 0 Å².